The van der Waals surface area contributed by atoms with Crippen LogP contribution in [0.1, 0.15) is 124 Å². The highest BCUT2D eigenvalue weighted by atomic mass is 16.1. The van der Waals surface area contributed by atoms with Crippen LogP contribution in [0.2, 0.25) is 0 Å². The molecule has 0 bridgehead atoms. The Morgan fingerprint density at radius 2 is 1.52 bits per heavy atom. The van der Waals surface area contributed by atoms with Crippen molar-refractivity contribution < 1.29 is 9.28 Å². The quantitative estimate of drug-likeness (QED) is 0.131. The number of carbonyl (C=O) groups is 1. The van der Waals surface area contributed by atoms with Crippen LogP contribution in [0.4, 0.5) is 0 Å². The molecule has 0 saturated carbocycles. The predicted molar refractivity (Wildman–Crippen MR) is 135 cm³/mol. The fraction of sp³-hybridized carbons (Fsp3) is 0.852. The van der Waals surface area contributed by atoms with E-state index in [0.29, 0.717) is 6.17 Å². The van der Waals surface area contributed by atoms with E-state index in [1.165, 1.54) is 89.9 Å². The number of nitrogens with zero attached hydrogens (tertiary/aromatic N) is 2. The molecule has 1 amide bonds. The average Bonchev–Trinajstić information content (AvgIpc) is 3.17. The van der Waals surface area contributed by atoms with E-state index < -0.39 is 0 Å². The third kappa shape index (κ3) is 11.3. The van der Waals surface area contributed by atoms with Gasteiger partial charge in [-0.25, -0.2) is 4.99 Å². The molecule has 0 saturated heterocycles. The van der Waals surface area contributed by atoms with Gasteiger partial charge in [-0.2, -0.15) is 0 Å². The minimum atomic E-state index is 0.0568. The summed E-state index contributed by atoms with van der Waals surface area (Å²) in [7, 11) is 0. The molecule has 1 N–H and O–H groups in total. The maximum absolute atomic E-state index is 11.5. The first-order valence-corrected chi connectivity index (χ1v) is 13.4. The van der Waals surface area contributed by atoms with Crippen LogP contribution >= 0.6 is 0 Å². The first-order chi connectivity index (χ1) is 15.1. The molecule has 4 heteroatoms. The third-order valence-corrected chi connectivity index (χ3v) is 7.04. The van der Waals surface area contributed by atoms with Crippen molar-refractivity contribution in [1.82, 2.24) is 5.32 Å². The van der Waals surface area contributed by atoms with Gasteiger partial charge in [0.15, 0.2) is 12.3 Å². The number of amides is 1. The second-order valence-corrected chi connectivity index (χ2v) is 9.52. The molecule has 0 fully saturated rings. The molecule has 31 heavy (non-hydrogen) atoms. The van der Waals surface area contributed by atoms with Gasteiger partial charge < -0.3 is 5.32 Å². The smallest absolute Gasteiger partial charge is 0.221 e. The number of carbonyl (C=O) groups excluding carboxylic acids is 1. The standard InChI is InChI=1S/C27H51N3O/c1-5-7-8-9-10-11-12-13-14-15-16-17-18-19-20-21-22-27-28-23-24-30(27,6-2)25(3)29-26(4)31/h13-14,23,25,27H,5-12,15-22,24H2,1-4H3/p+1/b14-13+. The van der Waals surface area contributed by atoms with Gasteiger partial charge in [-0.1, -0.05) is 76.9 Å². The van der Waals surface area contributed by atoms with Crippen LogP contribution < -0.4 is 5.32 Å². The van der Waals surface area contributed by atoms with Crippen LogP contribution in [0.5, 0.6) is 0 Å². The number of aliphatic imine (C=N–C) groups is 1. The SMILES string of the molecule is CCCCCCCC/C=C/CCCCCCCCC1N=CC[N+]1(CC)C(C)NC(C)=O. The van der Waals surface area contributed by atoms with Gasteiger partial charge in [0.1, 0.15) is 6.54 Å². The molecule has 0 radical (unpaired) electrons. The molecule has 1 aliphatic heterocycles. The van der Waals surface area contributed by atoms with E-state index in [1.807, 2.05) is 0 Å². The Bertz CT molecular complexity index is 517. The minimum Gasteiger partial charge on any atom is -0.307 e. The lowest BCUT2D eigenvalue weighted by Gasteiger charge is -2.42. The molecule has 1 heterocycles. The number of unbranched alkanes of at least 4 members (excludes halogenated alkanes) is 12. The molecule has 4 nitrogen and oxygen atoms in total. The summed E-state index contributed by atoms with van der Waals surface area (Å²) in [5, 5.41) is 3.11. The molecule has 0 aliphatic carbocycles. The van der Waals surface area contributed by atoms with Crippen molar-refractivity contribution in [3.63, 3.8) is 0 Å². The Morgan fingerprint density at radius 1 is 0.968 bits per heavy atom. The van der Waals surface area contributed by atoms with Gasteiger partial charge in [0, 0.05) is 20.3 Å². The van der Waals surface area contributed by atoms with E-state index in [9.17, 15) is 4.79 Å². The molecule has 0 aromatic rings. The first-order valence-electron chi connectivity index (χ1n) is 13.4. The summed E-state index contributed by atoms with van der Waals surface area (Å²) in [5.74, 6) is 0.0568. The van der Waals surface area contributed by atoms with Gasteiger partial charge in [0.05, 0.1) is 12.8 Å². The van der Waals surface area contributed by atoms with Crippen molar-refractivity contribution in [3.8, 4) is 0 Å². The second-order valence-electron chi connectivity index (χ2n) is 9.52. The van der Waals surface area contributed by atoms with Gasteiger partial charge in [0.25, 0.3) is 0 Å². The molecule has 1 rings (SSSR count). The van der Waals surface area contributed by atoms with Gasteiger partial charge in [0.2, 0.25) is 5.91 Å². The molecule has 1 aliphatic rings. The van der Waals surface area contributed by atoms with Crippen molar-refractivity contribution in [2.45, 2.75) is 136 Å². The normalized spacial score (nSPS) is 21.7. The summed E-state index contributed by atoms with van der Waals surface area (Å²) in [6.07, 6.45) is 27.3. The molecule has 180 valence electrons. The topological polar surface area (TPSA) is 41.5 Å². The predicted octanol–water partition coefficient (Wildman–Crippen LogP) is 7.14. The van der Waals surface area contributed by atoms with Crippen LogP contribution in [-0.4, -0.2) is 42.0 Å². The number of allylic oxidation sites excluding steroid dienone is 2. The van der Waals surface area contributed by atoms with Gasteiger partial charge >= 0.3 is 0 Å². The van der Waals surface area contributed by atoms with E-state index in [0.717, 1.165) is 24.0 Å². The number of hydrogen-bond acceptors (Lipinski definition) is 2. The van der Waals surface area contributed by atoms with E-state index in [4.69, 9.17) is 4.99 Å². The summed E-state index contributed by atoms with van der Waals surface area (Å²) >= 11 is 0. The summed E-state index contributed by atoms with van der Waals surface area (Å²) in [6, 6.07) is 0. The van der Waals surface area contributed by atoms with Crippen LogP contribution in [0.25, 0.3) is 0 Å². The van der Waals surface area contributed by atoms with E-state index >= 15 is 0 Å². The van der Waals surface area contributed by atoms with E-state index in [1.54, 1.807) is 6.92 Å². The summed E-state index contributed by atoms with van der Waals surface area (Å²) in [4.78, 5) is 16.3. The summed E-state index contributed by atoms with van der Waals surface area (Å²) in [5.41, 5.74) is 0. The Hall–Kier alpha value is -1.16. The zero-order valence-electron chi connectivity index (χ0n) is 21.2. The van der Waals surface area contributed by atoms with E-state index in [2.05, 4.69) is 44.5 Å². The zero-order chi connectivity index (χ0) is 22.8. The Balaban J connectivity index is 2.04. The number of rotatable bonds is 19. The highest BCUT2D eigenvalue weighted by Gasteiger charge is 2.42. The van der Waals surface area contributed by atoms with Crippen LogP contribution in [0.3, 0.4) is 0 Å². The summed E-state index contributed by atoms with van der Waals surface area (Å²) < 4.78 is 0.880. The van der Waals surface area contributed by atoms with E-state index in [-0.39, 0.29) is 12.1 Å². The molecule has 0 spiro atoms. The van der Waals surface area contributed by atoms with Crippen LogP contribution in [0.15, 0.2) is 17.1 Å². The van der Waals surface area contributed by atoms with Crippen molar-refractivity contribution in [2.24, 2.45) is 4.99 Å². The minimum absolute atomic E-state index is 0.0568. The number of hydrogen-bond donors (Lipinski definition) is 1. The fourth-order valence-electron chi connectivity index (χ4n) is 4.93. The molecule has 0 aromatic heterocycles. The number of nitrogens with one attached hydrogen (secondary N) is 1. The lowest BCUT2D eigenvalue weighted by molar-refractivity contribution is -0.959. The average molecular weight is 435 g/mol. The zero-order valence-corrected chi connectivity index (χ0v) is 21.2. The van der Waals surface area contributed by atoms with Gasteiger partial charge in [-0.05, 0) is 39.0 Å². The fourth-order valence-corrected chi connectivity index (χ4v) is 4.93. The summed E-state index contributed by atoms with van der Waals surface area (Å²) in [6.45, 7) is 10.2. The van der Waals surface area contributed by atoms with Crippen molar-refractivity contribution >= 4 is 12.1 Å². The Kier molecular flexibility index (Phi) is 15.6. The maximum atomic E-state index is 11.5. The highest BCUT2D eigenvalue weighted by Crippen LogP contribution is 2.27. The molecule has 3 unspecified atom stereocenters. The van der Waals surface area contributed by atoms with Crippen molar-refractivity contribution in [2.75, 3.05) is 13.1 Å². The largest absolute Gasteiger partial charge is 0.307 e. The molecular formula is C27H52N3O+. The monoisotopic (exact) mass is 434 g/mol. The third-order valence-electron chi connectivity index (χ3n) is 7.04. The number of quaternary nitrogens is 1. The highest BCUT2D eigenvalue weighted by molar-refractivity contribution is 5.73. The molecular weight excluding hydrogens is 382 g/mol. The van der Waals surface area contributed by atoms with Crippen LogP contribution in [0, 0.1) is 0 Å². The lowest BCUT2D eigenvalue weighted by atomic mass is 10.1. The Labute approximate surface area is 193 Å². The molecule has 3 atom stereocenters. The first kappa shape index (κ1) is 27.9. The Morgan fingerprint density at radius 3 is 2.06 bits per heavy atom. The maximum Gasteiger partial charge on any atom is 0.221 e. The van der Waals surface area contributed by atoms with Crippen molar-refractivity contribution in [1.29, 1.82) is 0 Å². The van der Waals surface area contributed by atoms with Gasteiger partial charge in [-0.15, -0.1) is 0 Å². The van der Waals surface area contributed by atoms with Crippen LogP contribution in [-0.2, 0) is 4.79 Å². The van der Waals surface area contributed by atoms with Crippen molar-refractivity contribution in [3.05, 3.63) is 12.2 Å². The second kappa shape index (κ2) is 17.4. The van der Waals surface area contributed by atoms with Gasteiger partial charge in [-0.3, -0.25) is 9.28 Å². The lowest BCUT2D eigenvalue weighted by Crippen LogP contribution is -2.63. The molecule has 0 aromatic carbocycles.